The van der Waals surface area contributed by atoms with Gasteiger partial charge in [0.15, 0.2) is 0 Å². The van der Waals surface area contributed by atoms with Crippen LogP contribution in [0.4, 0.5) is 11.4 Å². The van der Waals surface area contributed by atoms with Crippen molar-refractivity contribution in [1.29, 1.82) is 0 Å². The lowest BCUT2D eigenvalue weighted by Gasteiger charge is -2.11. The SMILES string of the molecule is COc1ccc(NC(=O)CSCC(=O)Nc2ccc(Cl)cc2C)c(OC)c1. The summed E-state index contributed by atoms with van der Waals surface area (Å²) in [5.41, 5.74) is 2.13. The topological polar surface area (TPSA) is 76.7 Å². The zero-order valence-electron chi connectivity index (χ0n) is 15.3. The molecule has 144 valence electrons. The quantitative estimate of drug-likeness (QED) is 0.691. The highest BCUT2D eigenvalue weighted by Crippen LogP contribution is 2.29. The average Bonchev–Trinajstić information content (AvgIpc) is 2.64. The maximum absolute atomic E-state index is 12.1. The number of amides is 2. The molecule has 0 radical (unpaired) electrons. The number of aryl methyl sites for hydroxylation is 1. The van der Waals surface area contributed by atoms with Crippen LogP contribution < -0.4 is 20.1 Å². The van der Waals surface area contributed by atoms with Crippen molar-refractivity contribution in [2.24, 2.45) is 0 Å². The summed E-state index contributed by atoms with van der Waals surface area (Å²) in [5.74, 6) is 1.04. The number of hydrogen-bond acceptors (Lipinski definition) is 5. The van der Waals surface area contributed by atoms with Gasteiger partial charge >= 0.3 is 0 Å². The summed E-state index contributed by atoms with van der Waals surface area (Å²) in [7, 11) is 3.07. The minimum Gasteiger partial charge on any atom is -0.497 e. The largest absolute Gasteiger partial charge is 0.497 e. The van der Waals surface area contributed by atoms with Crippen molar-refractivity contribution >= 4 is 46.6 Å². The number of hydrogen-bond donors (Lipinski definition) is 2. The fourth-order valence-corrected chi connectivity index (χ4v) is 3.12. The van der Waals surface area contributed by atoms with Crippen molar-refractivity contribution in [2.75, 3.05) is 36.4 Å². The first-order valence-electron chi connectivity index (χ1n) is 8.08. The van der Waals surface area contributed by atoms with Gasteiger partial charge in [-0.05, 0) is 42.8 Å². The smallest absolute Gasteiger partial charge is 0.234 e. The lowest BCUT2D eigenvalue weighted by molar-refractivity contribution is -0.114. The van der Waals surface area contributed by atoms with Gasteiger partial charge in [-0.25, -0.2) is 0 Å². The molecule has 0 spiro atoms. The van der Waals surface area contributed by atoms with Gasteiger partial charge in [-0.2, -0.15) is 0 Å². The van der Waals surface area contributed by atoms with Crippen LogP contribution in [0.5, 0.6) is 11.5 Å². The van der Waals surface area contributed by atoms with Crippen LogP contribution in [0.2, 0.25) is 5.02 Å². The summed E-state index contributed by atoms with van der Waals surface area (Å²) >= 11 is 7.12. The Morgan fingerprint density at radius 1 is 0.963 bits per heavy atom. The summed E-state index contributed by atoms with van der Waals surface area (Å²) in [5, 5.41) is 6.19. The van der Waals surface area contributed by atoms with Crippen molar-refractivity contribution in [3.63, 3.8) is 0 Å². The van der Waals surface area contributed by atoms with Crippen molar-refractivity contribution in [1.82, 2.24) is 0 Å². The molecule has 2 amide bonds. The molecule has 8 heteroatoms. The molecule has 2 N–H and O–H groups in total. The Kier molecular flexibility index (Phi) is 7.82. The molecular weight excluding hydrogens is 388 g/mol. The molecule has 2 rings (SSSR count). The summed E-state index contributed by atoms with van der Waals surface area (Å²) in [6, 6.07) is 10.4. The highest BCUT2D eigenvalue weighted by molar-refractivity contribution is 8.00. The predicted molar refractivity (Wildman–Crippen MR) is 110 cm³/mol. The highest BCUT2D eigenvalue weighted by Gasteiger charge is 2.11. The zero-order chi connectivity index (χ0) is 19.8. The van der Waals surface area contributed by atoms with Crippen LogP contribution in [0.3, 0.4) is 0 Å². The number of halogens is 1. The fraction of sp³-hybridized carbons (Fsp3) is 0.263. The number of carbonyl (C=O) groups excluding carboxylic acids is 2. The van der Waals surface area contributed by atoms with E-state index in [1.165, 1.54) is 18.9 Å². The molecule has 0 aliphatic heterocycles. The second kappa shape index (κ2) is 10.1. The van der Waals surface area contributed by atoms with Crippen molar-refractivity contribution < 1.29 is 19.1 Å². The zero-order valence-corrected chi connectivity index (χ0v) is 16.9. The Hall–Kier alpha value is -2.38. The number of nitrogens with one attached hydrogen (secondary N) is 2. The van der Waals surface area contributed by atoms with E-state index in [1.54, 1.807) is 43.5 Å². The predicted octanol–water partition coefficient (Wildman–Crippen LogP) is 3.98. The number of ether oxygens (including phenoxy) is 2. The van der Waals surface area contributed by atoms with Gasteiger partial charge in [0, 0.05) is 16.8 Å². The molecule has 6 nitrogen and oxygen atoms in total. The lowest BCUT2D eigenvalue weighted by Crippen LogP contribution is -2.19. The van der Waals surface area contributed by atoms with E-state index < -0.39 is 0 Å². The van der Waals surface area contributed by atoms with Crippen LogP contribution in [-0.2, 0) is 9.59 Å². The van der Waals surface area contributed by atoms with Gasteiger partial charge in [0.1, 0.15) is 11.5 Å². The van der Waals surface area contributed by atoms with Gasteiger partial charge in [0.2, 0.25) is 11.8 Å². The first-order chi connectivity index (χ1) is 12.9. The number of methoxy groups -OCH3 is 2. The van der Waals surface area contributed by atoms with Gasteiger partial charge in [-0.3, -0.25) is 9.59 Å². The number of anilines is 2. The second-order valence-corrected chi connectivity index (χ2v) is 7.04. The van der Waals surface area contributed by atoms with E-state index in [0.29, 0.717) is 27.9 Å². The van der Waals surface area contributed by atoms with Gasteiger partial charge in [0.05, 0.1) is 31.4 Å². The minimum atomic E-state index is -0.223. The van der Waals surface area contributed by atoms with Crippen LogP contribution in [0, 0.1) is 6.92 Å². The molecule has 27 heavy (non-hydrogen) atoms. The lowest BCUT2D eigenvalue weighted by atomic mass is 10.2. The van der Waals surface area contributed by atoms with Gasteiger partial charge in [-0.15, -0.1) is 11.8 Å². The summed E-state index contributed by atoms with van der Waals surface area (Å²) < 4.78 is 10.4. The third-order valence-electron chi connectivity index (χ3n) is 3.61. The van der Waals surface area contributed by atoms with E-state index in [9.17, 15) is 9.59 Å². The van der Waals surface area contributed by atoms with Crippen LogP contribution in [-0.4, -0.2) is 37.5 Å². The monoisotopic (exact) mass is 408 g/mol. The number of rotatable bonds is 8. The molecule has 0 unspecified atom stereocenters. The third kappa shape index (κ3) is 6.37. The van der Waals surface area contributed by atoms with Gasteiger partial charge in [0.25, 0.3) is 0 Å². The molecule has 0 aliphatic rings. The molecule has 0 aliphatic carbocycles. The van der Waals surface area contributed by atoms with E-state index in [2.05, 4.69) is 10.6 Å². The van der Waals surface area contributed by atoms with Crippen molar-refractivity contribution in [3.8, 4) is 11.5 Å². The van der Waals surface area contributed by atoms with Crippen LogP contribution in [0.25, 0.3) is 0 Å². The highest BCUT2D eigenvalue weighted by atomic mass is 35.5. The standard InChI is InChI=1S/C19H21ClN2O4S/c1-12-8-13(20)4-6-15(12)21-18(23)10-27-11-19(24)22-16-7-5-14(25-2)9-17(16)26-3/h4-9H,10-11H2,1-3H3,(H,21,23)(H,22,24). The number of benzene rings is 2. The normalized spacial score (nSPS) is 10.2. The van der Waals surface area contributed by atoms with Gasteiger partial charge in [-0.1, -0.05) is 11.6 Å². The Balaban J connectivity index is 1.81. The Labute approximate surface area is 167 Å². The first-order valence-corrected chi connectivity index (χ1v) is 9.62. The first kappa shape index (κ1) is 20.9. The van der Waals surface area contributed by atoms with Crippen LogP contribution >= 0.6 is 23.4 Å². The summed E-state index contributed by atoms with van der Waals surface area (Å²) in [4.78, 5) is 24.1. The molecule has 0 atom stereocenters. The number of carbonyl (C=O) groups is 2. The molecule has 2 aromatic carbocycles. The molecule has 0 fully saturated rings. The van der Waals surface area contributed by atoms with Crippen LogP contribution in [0.15, 0.2) is 36.4 Å². The summed E-state index contributed by atoms with van der Waals surface area (Å²) in [6.45, 7) is 1.87. The fourth-order valence-electron chi connectivity index (χ4n) is 2.28. The Morgan fingerprint density at radius 2 is 1.59 bits per heavy atom. The molecule has 0 aromatic heterocycles. The molecule has 0 bridgehead atoms. The molecule has 0 saturated heterocycles. The summed E-state index contributed by atoms with van der Waals surface area (Å²) in [6.07, 6.45) is 0. The van der Waals surface area contributed by atoms with Crippen molar-refractivity contribution in [2.45, 2.75) is 6.92 Å². The molecule has 2 aromatic rings. The molecule has 0 heterocycles. The third-order valence-corrected chi connectivity index (χ3v) is 4.78. The number of thioether (sulfide) groups is 1. The van der Waals surface area contributed by atoms with E-state index in [0.717, 1.165) is 5.56 Å². The van der Waals surface area contributed by atoms with E-state index in [1.807, 2.05) is 6.92 Å². The van der Waals surface area contributed by atoms with E-state index >= 15 is 0 Å². The van der Waals surface area contributed by atoms with Crippen molar-refractivity contribution in [3.05, 3.63) is 47.0 Å². The van der Waals surface area contributed by atoms with E-state index in [-0.39, 0.29) is 23.3 Å². The Bertz CT molecular complexity index is 829. The molecular formula is C19H21ClN2O4S. The maximum atomic E-state index is 12.1. The maximum Gasteiger partial charge on any atom is 0.234 e. The van der Waals surface area contributed by atoms with Gasteiger partial charge < -0.3 is 20.1 Å². The average molecular weight is 409 g/mol. The minimum absolute atomic E-state index is 0.141. The van der Waals surface area contributed by atoms with E-state index in [4.69, 9.17) is 21.1 Å². The Morgan fingerprint density at radius 3 is 2.19 bits per heavy atom. The second-order valence-electron chi connectivity index (χ2n) is 5.61. The van der Waals surface area contributed by atoms with Crippen LogP contribution in [0.1, 0.15) is 5.56 Å². The molecule has 0 saturated carbocycles.